The van der Waals surface area contributed by atoms with E-state index >= 15 is 0 Å². The summed E-state index contributed by atoms with van der Waals surface area (Å²) < 4.78 is 5.81. The highest BCUT2D eigenvalue weighted by molar-refractivity contribution is 6.30. The molecule has 0 radical (unpaired) electrons. The van der Waals surface area contributed by atoms with E-state index < -0.39 is 0 Å². The second-order valence-corrected chi connectivity index (χ2v) is 5.98. The molecule has 19 heavy (non-hydrogen) atoms. The second kappa shape index (κ2) is 5.17. The lowest BCUT2D eigenvalue weighted by atomic mass is 10.1. The summed E-state index contributed by atoms with van der Waals surface area (Å²) in [5.74, 6) is 1.78. The third-order valence-electron chi connectivity index (χ3n) is 4.02. The first kappa shape index (κ1) is 13.0. The van der Waals surface area contributed by atoms with Crippen molar-refractivity contribution >= 4 is 17.4 Å². The number of halogens is 1. The van der Waals surface area contributed by atoms with E-state index in [9.17, 15) is 0 Å². The number of aromatic nitrogens is 1. The summed E-state index contributed by atoms with van der Waals surface area (Å²) in [6.07, 6.45) is 2.75. The van der Waals surface area contributed by atoms with Crippen LogP contribution >= 0.6 is 11.6 Å². The Morgan fingerprint density at radius 3 is 3.05 bits per heavy atom. The predicted octanol–water partition coefficient (Wildman–Crippen LogP) is 2.42. The van der Waals surface area contributed by atoms with Crippen LogP contribution in [0, 0.1) is 0 Å². The van der Waals surface area contributed by atoms with Crippen molar-refractivity contribution < 1.29 is 4.74 Å². The molecular formula is C14H20ClN3O. The summed E-state index contributed by atoms with van der Waals surface area (Å²) in [4.78, 5) is 9.40. The number of piperazine rings is 1. The average molecular weight is 282 g/mol. The summed E-state index contributed by atoms with van der Waals surface area (Å²) in [5.41, 5.74) is 0. The van der Waals surface area contributed by atoms with Gasteiger partial charge in [-0.1, -0.05) is 11.6 Å². The van der Waals surface area contributed by atoms with Gasteiger partial charge in [-0.25, -0.2) is 4.98 Å². The molecule has 0 bridgehead atoms. The zero-order chi connectivity index (χ0) is 13.4. The molecular weight excluding hydrogens is 262 g/mol. The van der Waals surface area contributed by atoms with Gasteiger partial charge in [0.25, 0.3) is 0 Å². The van der Waals surface area contributed by atoms with Crippen LogP contribution in [0.3, 0.4) is 0 Å². The van der Waals surface area contributed by atoms with Crippen molar-refractivity contribution in [1.82, 2.24) is 9.88 Å². The molecule has 1 saturated heterocycles. The van der Waals surface area contributed by atoms with E-state index in [0.29, 0.717) is 17.1 Å². The molecule has 104 valence electrons. The third kappa shape index (κ3) is 2.51. The van der Waals surface area contributed by atoms with Crippen LogP contribution in [-0.4, -0.2) is 48.2 Å². The molecule has 1 atom stereocenters. The van der Waals surface area contributed by atoms with Crippen molar-refractivity contribution in [2.45, 2.75) is 32.4 Å². The average Bonchev–Trinajstić information content (AvgIpc) is 2.56. The van der Waals surface area contributed by atoms with Crippen LogP contribution in [0.15, 0.2) is 12.3 Å². The lowest BCUT2D eigenvalue weighted by Crippen LogP contribution is -2.55. The molecule has 0 aromatic carbocycles. The molecule has 0 aliphatic carbocycles. The van der Waals surface area contributed by atoms with E-state index in [1.165, 1.54) is 0 Å². The van der Waals surface area contributed by atoms with E-state index in [1.54, 1.807) is 6.20 Å². The minimum atomic E-state index is 0.492. The minimum Gasteiger partial charge on any atom is -0.490 e. The van der Waals surface area contributed by atoms with Crippen LogP contribution in [0.25, 0.3) is 0 Å². The van der Waals surface area contributed by atoms with Crippen LogP contribution in [-0.2, 0) is 0 Å². The minimum absolute atomic E-state index is 0.492. The van der Waals surface area contributed by atoms with Crippen LogP contribution in [0.2, 0.25) is 5.02 Å². The predicted molar refractivity (Wildman–Crippen MR) is 77.2 cm³/mol. The van der Waals surface area contributed by atoms with Gasteiger partial charge in [0, 0.05) is 50.4 Å². The Hall–Kier alpha value is -1.00. The van der Waals surface area contributed by atoms with Crippen molar-refractivity contribution in [2.24, 2.45) is 0 Å². The Kier molecular flexibility index (Phi) is 3.54. The first-order valence-corrected chi connectivity index (χ1v) is 7.32. The summed E-state index contributed by atoms with van der Waals surface area (Å²) >= 11 is 6.00. The van der Waals surface area contributed by atoms with Gasteiger partial charge in [-0.3, -0.25) is 4.90 Å². The fraction of sp³-hybridized carbons (Fsp3) is 0.643. The molecule has 0 unspecified atom stereocenters. The lowest BCUT2D eigenvalue weighted by molar-refractivity contribution is 0.172. The Morgan fingerprint density at radius 2 is 2.26 bits per heavy atom. The summed E-state index contributed by atoms with van der Waals surface area (Å²) in [5, 5.41) is 0.637. The monoisotopic (exact) mass is 281 g/mol. The molecule has 2 aliphatic heterocycles. The van der Waals surface area contributed by atoms with Crippen molar-refractivity contribution in [3.8, 4) is 5.75 Å². The maximum atomic E-state index is 6.00. The molecule has 0 amide bonds. The van der Waals surface area contributed by atoms with Gasteiger partial charge in [0.05, 0.1) is 11.6 Å². The molecule has 0 N–H and O–H groups in total. The van der Waals surface area contributed by atoms with Crippen molar-refractivity contribution in [3.63, 3.8) is 0 Å². The van der Waals surface area contributed by atoms with Gasteiger partial charge < -0.3 is 9.64 Å². The van der Waals surface area contributed by atoms with Crippen LogP contribution in [0.1, 0.15) is 20.3 Å². The van der Waals surface area contributed by atoms with Gasteiger partial charge in [-0.15, -0.1) is 0 Å². The van der Waals surface area contributed by atoms with Crippen molar-refractivity contribution in [1.29, 1.82) is 0 Å². The summed E-state index contributed by atoms with van der Waals surface area (Å²) in [6, 6.07) is 2.97. The number of fused-ring (bicyclic) bond motifs is 3. The Bertz CT molecular complexity index is 466. The van der Waals surface area contributed by atoms with Gasteiger partial charge >= 0.3 is 0 Å². The standard InChI is InChI=1S/C14H20ClN3O/c1-10(2)17-4-5-18-12(9-17)3-6-19-13-7-11(15)8-16-14(13)18/h7-8,10,12H,3-6,9H2,1-2H3/t12-/m0/s1. The Balaban J connectivity index is 1.87. The number of hydrogen-bond acceptors (Lipinski definition) is 4. The normalized spacial score (nSPS) is 23.6. The maximum Gasteiger partial charge on any atom is 0.171 e. The summed E-state index contributed by atoms with van der Waals surface area (Å²) in [6.45, 7) is 8.43. The van der Waals surface area contributed by atoms with E-state index in [2.05, 4.69) is 28.6 Å². The zero-order valence-electron chi connectivity index (χ0n) is 11.5. The van der Waals surface area contributed by atoms with Crippen molar-refractivity contribution in [2.75, 3.05) is 31.1 Å². The zero-order valence-corrected chi connectivity index (χ0v) is 12.2. The number of ether oxygens (including phenoxy) is 1. The Morgan fingerprint density at radius 1 is 1.42 bits per heavy atom. The fourth-order valence-electron chi connectivity index (χ4n) is 2.91. The molecule has 5 heteroatoms. The van der Waals surface area contributed by atoms with Crippen LogP contribution < -0.4 is 9.64 Å². The van der Waals surface area contributed by atoms with Gasteiger partial charge in [0.1, 0.15) is 0 Å². The number of nitrogens with zero attached hydrogens (tertiary/aromatic N) is 3. The van der Waals surface area contributed by atoms with Gasteiger partial charge in [-0.05, 0) is 13.8 Å². The molecule has 1 aromatic heterocycles. The smallest absolute Gasteiger partial charge is 0.171 e. The first-order chi connectivity index (χ1) is 9.15. The number of rotatable bonds is 1. The maximum absolute atomic E-state index is 6.00. The molecule has 3 heterocycles. The highest BCUT2D eigenvalue weighted by atomic mass is 35.5. The molecule has 2 aliphatic rings. The van der Waals surface area contributed by atoms with Gasteiger partial charge in [0.15, 0.2) is 11.6 Å². The second-order valence-electron chi connectivity index (χ2n) is 5.55. The molecule has 0 saturated carbocycles. The molecule has 3 rings (SSSR count). The molecule has 1 aromatic rings. The molecule has 1 fully saturated rings. The van der Waals surface area contributed by atoms with Crippen LogP contribution in [0.5, 0.6) is 5.75 Å². The van der Waals surface area contributed by atoms with Gasteiger partial charge in [0.2, 0.25) is 0 Å². The van der Waals surface area contributed by atoms with Gasteiger partial charge in [-0.2, -0.15) is 0 Å². The first-order valence-electron chi connectivity index (χ1n) is 6.94. The largest absolute Gasteiger partial charge is 0.490 e. The van der Waals surface area contributed by atoms with Crippen molar-refractivity contribution in [3.05, 3.63) is 17.3 Å². The highest BCUT2D eigenvalue weighted by Crippen LogP contribution is 2.34. The lowest BCUT2D eigenvalue weighted by Gasteiger charge is -2.42. The molecule has 4 nitrogen and oxygen atoms in total. The quantitative estimate of drug-likeness (QED) is 0.790. The SMILES string of the molecule is CC(C)N1CCN2c3ncc(Cl)cc3OCC[C@H]2C1. The molecule has 0 spiro atoms. The van der Waals surface area contributed by atoms with E-state index in [4.69, 9.17) is 16.3 Å². The number of pyridine rings is 1. The van der Waals surface area contributed by atoms with E-state index in [1.807, 2.05) is 6.07 Å². The van der Waals surface area contributed by atoms with E-state index in [0.717, 1.165) is 44.2 Å². The van der Waals surface area contributed by atoms with Crippen LogP contribution in [0.4, 0.5) is 5.82 Å². The number of anilines is 1. The number of hydrogen-bond donors (Lipinski definition) is 0. The third-order valence-corrected chi connectivity index (χ3v) is 4.23. The highest BCUT2D eigenvalue weighted by Gasteiger charge is 2.32. The van der Waals surface area contributed by atoms with E-state index in [-0.39, 0.29) is 0 Å². The Labute approximate surface area is 119 Å². The topological polar surface area (TPSA) is 28.6 Å². The fourth-order valence-corrected chi connectivity index (χ4v) is 3.06. The summed E-state index contributed by atoms with van der Waals surface area (Å²) in [7, 11) is 0.